The Hall–Kier alpha value is -7.04. The summed E-state index contributed by atoms with van der Waals surface area (Å²) in [6.07, 6.45) is 5.28. The zero-order valence-electron chi connectivity index (χ0n) is 41.0. The molecule has 0 aliphatic heterocycles. The summed E-state index contributed by atoms with van der Waals surface area (Å²) in [6, 6.07) is 34.6. The normalized spacial score (nSPS) is 14.0. The third kappa shape index (κ3) is 6.78. The van der Waals surface area contributed by atoms with Crippen LogP contribution < -0.4 is 9.30 Å². The minimum atomic E-state index is -0.564. The number of para-hydroxylation sites is 3. The maximum absolute atomic E-state index is 8.97. The maximum Gasteiger partial charge on any atom is 0.269 e. The number of pyridine rings is 1. The molecule has 0 spiro atoms. The van der Waals surface area contributed by atoms with E-state index in [-0.39, 0.29) is 33.4 Å². The first-order valence-corrected chi connectivity index (χ1v) is 18.2. The van der Waals surface area contributed by atoms with Crippen LogP contribution >= 0.6 is 0 Å². The van der Waals surface area contributed by atoms with Crippen LogP contribution in [0, 0.1) is 6.33 Å². The Morgan fingerprint density at radius 1 is 0.589 bits per heavy atom. The zero-order chi connectivity index (χ0) is 46.8. The van der Waals surface area contributed by atoms with Gasteiger partial charge in [0.1, 0.15) is 11.5 Å². The molecule has 0 saturated carbocycles. The molecule has 0 aliphatic rings. The molecular weight excluding hydrogens is 683 g/mol. The van der Waals surface area contributed by atoms with E-state index in [4.69, 9.17) is 23.4 Å². The molecule has 0 bridgehead atoms. The zero-order valence-corrected chi connectivity index (χ0v) is 31.0. The van der Waals surface area contributed by atoms with Crippen LogP contribution in [0.2, 0.25) is 0 Å². The van der Waals surface area contributed by atoms with E-state index in [1.807, 2.05) is 97.2 Å². The predicted octanol–water partition coefficient (Wildman–Crippen LogP) is 12.9. The van der Waals surface area contributed by atoms with Gasteiger partial charge in [0, 0.05) is 11.8 Å². The lowest BCUT2D eigenvalue weighted by atomic mass is 9.86. The van der Waals surface area contributed by atoms with Gasteiger partial charge in [-0.2, -0.15) is 0 Å². The van der Waals surface area contributed by atoms with Crippen LogP contribution in [-0.2, 0) is 5.41 Å². The molecule has 0 N–H and O–H groups in total. The highest BCUT2D eigenvalue weighted by atomic mass is 16.5. The van der Waals surface area contributed by atoms with E-state index < -0.39 is 60.4 Å². The van der Waals surface area contributed by atoms with Gasteiger partial charge in [-0.15, -0.1) is 0 Å². The third-order valence-corrected chi connectivity index (χ3v) is 9.65. The van der Waals surface area contributed by atoms with Crippen molar-refractivity contribution in [3.8, 4) is 67.5 Å². The molecule has 0 atom stereocenters. The second kappa shape index (κ2) is 14.7. The second-order valence-electron chi connectivity index (χ2n) is 14.3. The number of imidazole rings is 1. The Kier molecular flexibility index (Phi) is 6.57. The summed E-state index contributed by atoms with van der Waals surface area (Å²) < 4.78 is 96.6. The molecule has 0 amide bonds. The lowest BCUT2D eigenvalue weighted by Crippen LogP contribution is -2.31. The summed E-state index contributed by atoms with van der Waals surface area (Å²) in [6.45, 7) is 6.54. The van der Waals surface area contributed by atoms with Crippen molar-refractivity contribution < 1.29 is 23.0 Å². The van der Waals surface area contributed by atoms with Gasteiger partial charge in [0.25, 0.3) is 6.33 Å². The highest BCUT2D eigenvalue weighted by Gasteiger charge is 2.20. The van der Waals surface area contributed by atoms with E-state index >= 15 is 0 Å². The first-order valence-electron chi connectivity index (χ1n) is 23.2. The summed E-state index contributed by atoms with van der Waals surface area (Å²) in [7, 11) is 0. The number of ether oxygens (including phenoxy) is 1. The van der Waals surface area contributed by atoms with Crippen molar-refractivity contribution in [2.75, 3.05) is 0 Å². The van der Waals surface area contributed by atoms with Crippen molar-refractivity contribution >= 4 is 11.0 Å². The fourth-order valence-electron chi connectivity index (χ4n) is 6.93. The summed E-state index contributed by atoms with van der Waals surface area (Å²) >= 11 is 0. The molecule has 2 heterocycles. The molecule has 0 radical (unpaired) electrons. The van der Waals surface area contributed by atoms with Gasteiger partial charge in [0.15, 0.2) is 0 Å². The quantitative estimate of drug-likeness (QED) is 0.115. The topological polar surface area (TPSA) is 30.9 Å². The van der Waals surface area contributed by atoms with Crippen LogP contribution in [0.5, 0.6) is 11.5 Å². The molecular formula is C52H41N3O. The molecule has 270 valence electrons. The van der Waals surface area contributed by atoms with Crippen LogP contribution in [-0.4, -0.2) is 9.55 Å². The van der Waals surface area contributed by atoms with Gasteiger partial charge < -0.3 is 4.74 Å². The van der Waals surface area contributed by atoms with Crippen LogP contribution in [0.1, 0.15) is 40.0 Å². The van der Waals surface area contributed by atoms with Crippen LogP contribution in [0.25, 0.3) is 67.0 Å². The minimum absolute atomic E-state index is 0.0460. The fraction of sp³-hybridized carbons (Fsp3) is 0.0769. The van der Waals surface area contributed by atoms with Crippen molar-refractivity contribution in [1.29, 1.82) is 0 Å². The average Bonchev–Trinajstić information content (AvgIpc) is 3.71. The molecule has 4 nitrogen and oxygen atoms in total. The van der Waals surface area contributed by atoms with Gasteiger partial charge in [-0.1, -0.05) is 166 Å². The Morgan fingerprint density at radius 2 is 1.20 bits per heavy atom. The van der Waals surface area contributed by atoms with Gasteiger partial charge in [-0.3, -0.25) is 14.1 Å². The smallest absolute Gasteiger partial charge is 0.269 e. The molecule has 9 rings (SSSR count). The van der Waals surface area contributed by atoms with Crippen molar-refractivity contribution in [1.82, 2.24) is 9.55 Å². The molecule has 7 aromatic carbocycles. The Morgan fingerprint density at radius 3 is 1.91 bits per heavy atom. The number of aromatic nitrogens is 3. The van der Waals surface area contributed by atoms with Gasteiger partial charge in [-0.05, 0) is 86.8 Å². The van der Waals surface area contributed by atoms with Gasteiger partial charge >= 0.3 is 0 Å². The van der Waals surface area contributed by atoms with Gasteiger partial charge in [0.2, 0.25) is 0 Å². The second-order valence-corrected chi connectivity index (χ2v) is 14.3. The molecule has 0 aliphatic carbocycles. The van der Waals surface area contributed by atoms with Crippen molar-refractivity contribution in [3.63, 3.8) is 0 Å². The van der Waals surface area contributed by atoms with E-state index in [1.54, 1.807) is 27.3 Å². The lowest BCUT2D eigenvalue weighted by Gasteiger charge is -2.20. The molecule has 0 saturated heterocycles. The summed E-state index contributed by atoms with van der Waals surface area (Å²) in [5.41, 5.74) is 7.07. The van der Waals surface area contributed by atoms with Crippen LogP contribution in [0.4, 0.5) is 0 Å². The monoisotopic (exact) mass is 733 g/mol. The number of hydrogen-bond donors (Lipinski definition) is 0. The summed E-state index contributed by atoms with van der Waals surface area (Å²) in [5, 5.41) is 0. The lowest BCUT2D eigenvalue weighted by molar-refractivity contribution is -0.571. The predicted molar refractivity (Wildman–Crippen MR) is 228 cm³/mol. The Bertz CT molecular complexity index is 3270. The summed E-state index contributed by atoms with van der Waals surface area (Å²) in [5.74, 6) is 1.12. The van der Waals surface area contributed by atoms with E-state index in [0.29, 0.717) is 28.2 Å². The standard InChI is InChI=1S/C52H41N3O/c1-52(2,3)40-31-32-53-48(34-40)47-26-11-10-25-44(47)39-21-14-23-42(33-39)56-43-24-15-22-41(35-43)54-36-55(50-30-13-12-29-49(50)54)51-45(37-17-6-4-7-18-37)27-16-28-46(51)38-19-8-5-9-20-38/h4-35H,1-3H3/i4D,5D,6D,7D,8D,9D,17D,18D,19D,20D. The first-order chi connectivity index (χ1) is 31.5. The number of nitrogens with zero attached hydrogens (tertiary/aromatic N) is 3. The highest BCUT2D eigenvalue weighted by molar-refractivity contribution is 5.85. The number of hydrogen-bond acceptors (Lipinski definition) is 2. The first kappa shape index (κ1) is 25.1. The van der Waals surface area contributed by atoms with Crippen molar-refractivity contribution in [2.45, 2.75) is 26.2 Å². The molecule has 9 aromatic rings. The van der Waals surface area contributed by atoms with E-state index in [0.717, 1.165) is 22.4 Å². The molecule has 4 heteroatoms. The molecule has 56 heavy (non-hydrogen) atoms. The number of fused-ring (bicyclic) bond motifs is 1. The largest absolute Gasteiger partial charge is 0.458 e. The maximum atomic E-state index is 8.97. The van der Waals surface area contributed by atoms with Crippen molar-refractivity contribution in [3.05, 3.63) is 206 Å². The third-order valence-electron chi connectivity index (χ3n) is 9.65. The number of benzene rings is 7. The molecule has 0 unspecified atom stereocenters. The number of rotatable bonds is 8. The van der Waals surface area contributed by atoms with Crippen LogP contribution in [0.15, 0.2) is 194 Å². The van der Waals surface area contributed by atoms with Crippen molar-refractivity contribution in [2.24, 2.45) is 0 Å². The fourth-order valence-corrected chi connectivity index (χ4v) is 6.93. The van der Waals surface area contributed by atoms with Crippen LogP contribution in [0.3, 0.4) is 0 Å². The molecule has 0 fully saturated rings. The Labute approximate surface area is 342 Å². The van der Waals surface area contributed by atoms with E-state index in [2.05, 4.69) is 45.3 Å². The van der Waals surface area contributed by atoms with E-state index in [1.165, 1.54) is 5.56 Å². The molecule has 2 aromatic heterocycles. The minimum Gasteiger partial charge on any atom is -0.458 e. The van der Waals surface area contributed by atoms with Gasteiger partial charge in [-0.25, -0.2) is 0 Å². The highest BCUT2D eigenvalue weighted by Crippen LogP contribution is 2.37. The Balaban J connectivity index is 1.18. The average molecular weight is 734 g/mol. The van der Waals surface area contributed by atoms with Gasteiger partial charge in [0.05, 0.1) is 41.8 Å². The SMILES string of the molecule is [2H]c1c([2H])c([2H])c(-c2cccc(-c3c([2H])c([2H])c([2H])c([2H])c3[2H])c2-[n+]2[c-]n(-c3cccc(Oc4cccc(-c5ccccc5-c5cc(C(C)(C)C)ccn5)c4)c3)c3ccccc32)c([2H])c1[2H]. The summed E-state index contributed by atoms with van der Waals surface area (Å²) in [4.78, 5) is 4.74. The van der Waals surface area contributed by atoms with E-state index in [9.17, 15) is 0 Å².